The highest BCUT2D eigenvalue weighted by Gasteiger charge is 2.20. The fourth-order valence-electron chi connectivity index (χ4n) is 1.48. The van der Waals surface area contributed by atoms with Crippen LogP contribution in [0.1, 0.15) is 13.8 Å². The fraction of sp³-hybridized carbons (Fsp3) is 0.500. The van der Waals surface area contributed by atoms with Gasteiger partial charge in [-0.05, 0) is 25.4 Å². The van der Waals surface area contributed by atoms with Crippen molar-refractivity contribution in [1.82, 2.24) is 19.5 Å². The van der Waals surface area contributed by atoms with E-state index in [4.69, 9.17) is 11.6 Å². The Labute approximate surface area is 104 Å². The number of aromatic nitrogens is 4. The molecule has 0 bridgehead atoms. The maximum atomic E-state index is 9.26. The van der Waals surface area contributed by atoms with Gasteiger partial charge in [-0.3, -0.25) is 0 Å². The summed E-state index contributed by atoms with van der Waals surface area (Å²) >= 11 is 5.83. The fourth-order valence-corrected chi connectivity index (χ4v) is 1.64. The average molecular weight is 256 g/mol. The van der Waals surface area contributed by atoms with Crippen LogP contribution >= 0.6 is 11.6 Å². The molecule has 2 N–H and O–H groups in total. The first-order chi connectivity index (χ1) is 7.93. The van der Waals surface area contributed by atoms with E-state index >= 15 is 0 Å². The van der Waals surface area contributed by atoms with Crippen LogP contribution in [-0.2, 0) is 7.05 Å². The summed E-state index contributed by atoms with van der Waals surface area (Å²) in [7, 11) is 1.85. The molecule has 0 saturated carbocycles. The number of aryl methyl sites for hydroxylation is 1. The van der Waals surface area contributed by atoms with Crippen LogP contribution in [0, 0.1) is 0 Å². The van der Waals surface area contributed by atoms with E-state index in [1.165, 1.54) is 0 Å². The van der Waals surface area contributed by atoms with Crippen molar-refractivity contribution in [3.8, 4) is 0 Å². The Hall–Kier alpha value is -1.40. The minimum absolute atomic E-state index is 0.0199. The first kappa shape index (κ1) is 12.1. The number of aliphatic hydroxyl groups excluding tert-OH is 1. The molecule has 0 aromatic carbocycles. The van der Waals surface area contributed by atoms with E-state index in [0.717, 1.165) is 5.52 Å². The summed E-state index contributed by atoms with van der Waals surface area (Å²) in [5, 5.41) is 12.5. The van der Waals surface area contributed by atoms with E-state index in [-0.39, 0.29) is 11.9 Å². The summed E-state index contributed by atoms with van der Waals surface area (Å²) in [5.41, 5.74) is 0.800. The predicted molar refractivity (Wildman–Crippen MR) is 66.1 cm³/mol. The summed E-state index contributed by atoms with van der Waals surface area (Å²) in [6.07, 6.45) is 1.65. The molecule has 0 aliphatic heterocycles. The Balaban J connectivity index is 2.55. The molecule has 0 spiro atoms. The molecule has 2 rings (SSSR count). The molecule has 6 nitrogen and oxygen atoms in total. The van der Waals surface area contributed by atoms with Gasteiger partial charge in [0.05, 0.1) is 18.5 Å². The quantitative estimate of drug-likeness (QED) is 0.806. The third-order valence-corrected chi connectivity index (χ3v) is 2.57. The van der Waals surface area contributed by atoms with Gasteiger partial charge < -0.3 is 15.0 Å². The van der Waals surface area contributed by atoms with Gasteiger partial charge in [0, 0.05) is 7.05 Å². The molecular formula is C10H14ClN5O. The van der Waals surface area contributed by atoms with Gasteiger partial charge in [0.2, 0.25) is 5.28 Å². The summed E-state index contributed by atoms with van der Waals surface area (Å²) in [5.74, 6) is 0.569. The maximum Gasteiger partial charge on any atom is 0.226 e. The normalized spacial score (nSPS) is 12.1. The number of hydrogen-bond acceptors (Lipinski definition) is 5. The van der Waals surface area contributed by atoms with E-state index in [0.29, 0.717) is 11.5 Å². The van der Waals surface area contributed by atoms with E-state index in [9.17, 15) is 5.11 Å². The zero-order chi connectivity index (χ0) is 12.6. The number of nitrogens with one attached hydrogen (secondary N) is 1. The Morgan fingerprint density at radius 3 is 2.82 bits per heavy atom. The molecule has 2 aromatic rings. The summed E-state index contributed by atoms with van der Waals surface area (Å²) < 4.78 is 1.81. The van der Waals surface area contributed by atoms with Crippen molar-refractivity contribution in [2.75, 3.05) is 11.9 Å². The van der Waals surface area contributed by atoms with Crippen molar-refractivity contribution in [1.29, 1.82) is 0 Å². The smallest absolute Gasteiger partial charge is 0.226 e. The molecule has 2 heterocycles. The molecule has 92 valence electrons. The largest absolute Gasteiger partial charge is 0.394 e. The molecule has 2 aromatic heterocycles. The lowest BCUT2D eigenvalue weighted by Gasteiger charge is -2.24. The summed E-state index contributed by atoms with van der Waals surface area (Å²) in [6, 6.07) is 0. The van der Waals surface area contributed by atoms with Gasteiger partial charge in [0.15, 0.2) is 11.5 Å². The van der Waals surface area contributed by atoms with Crippen molar-refractivity contribution in [2.45, 2.75) is 19.4 Å². The van der Waals surface area contributed by atoms with Crippen LogP contribution in [-0.4, -0.2) is 36.8 Å². The van der Waals surface area contributed by atoms with Gasteiger partial charge in [0.25, 0.3) is 0 Å². The zero-order valence-electron chi connectivity index (χ0n) is 9.90. The van der Waals surface area contributed by atoms with E-state index in [2.05, 4.69) is 20.3 Å². The first-order valence-corrected chi connectivity index (χ1v) is 5.54. The predicted octanol–water partition coefficient (Wildman–Crippen LogP) is 1.20. The van der Waals surface area contributed by atoms with Gasteiger partial charge in [0.1, 0.15) is 5.52 Å². The lowest BCUT2D eigenvalue weighted by molar-refractivity contribution is 0.234. The van der Waals surface area contributed by atoms with Crippen LogP contribution in [0.2, 0.25) is 5.28 Å². The SMILES string of the molecule is Cn1cnc2nc(Cl)nc(NC(C)(C)CO)c21. The second-order valence-electron chi connectivity index (χ2n) is 4.54. The molecule has 0 fully saturated rings. The molecule has 0 radical (unpaired) electrons. The zero-order valence-corrected chi connectivity index (χ0v) is 10.7. The minimum Gasteiger partial charge on any atom is -0.394 e. The number of fused-ring (bicyclic) bond motifs is 1. The Bertz CT molecular complexity index is 551. The highest BCUT2D eigenvalue weighted by atomic mass is 35.5. The highest BCUT2D eigenvalue weighted by molar-refractivity contribution is 6.28. The molecule has 7 heteroatoms. The van der Waals surface area contributed by atoms with Crippen molar-refractivity contribution in [3.05, 3.63) is 11.6 Å². The van der Waals surface area contributed by atoms with Crippen LogP contribution in [0.5, 0.6) is 0 Å². The van der Waals surface area contributed by atoms with Crippen LogP contribution in [0.25, 0.3) is 11.2 Å². The van der Waals surface area contributed by atoms with Crippen molar-refractivity contribution in [2.24, 2.45) is 7.05 Å². The second-order valence-corrected chi connectivity index (χ2v) is 4.87. The molecule has 0 saturated heterocycles. The molecule has 0 atom stereocenters. The lowest BCUT2D eigenvalue weighted by atomic mass is 10.1. The number of anilines is 1. The van der Waals surface area contributed by atoms with Crippen LogP contribution in [0.4, 0.5) is 5.82 Å². The lowest BCUT2D eigenvalue weighted by Crippen LogP contribution is -2.35. The number of imidazole rings is 1. The monoisotopic (exact) mass is 255 g/mol. The molecular weight excluding hydrogens is 242 g/mol. The van der Waals surface area contributed by atoms with Gasteiger partial charge in [-0.15, -0.1) is 0 Å². The van der Waals surface area contributed by atoms with Crippen LogP contribution < -0.4 is 5.32 Å². The number of aliphatic hydroxyl groups is 1. The van der Waals surface area contributed by atoms with Crippen LogP contribution in [0.3, 0.4) is 0 Å². The molecule has 17 heavy (non-hydrogen) atoms. The number of rotatable bonds is 3. The van der Waals surface area contributed by atoms with E-state index in [1.54, 1.807) is 10.9 Å². The minimum atomic E-state index is -0.491. The van der Waals surface area contributed by atoms with E-state index in [1.807, 2.05) is 20.9 Å². The third kappa shape index (κ3) is 2.32. The standard InChI is InChI=1S/C10H14ClN5O/c1-10(2,4-17)15-8-6-7(12-5-16(6)3)13-9(11)14-8/h5,17H,4H2,1-3H3,(H,13,14,15). The van der Waals surface area contributed by atoms with Crippen molar-refractivity contribution in [3.63, 3.8) is 0 Å². The number of nitrogens with zero attached hydrogens (tertiary/aromatic N) is 4. The Kier molecular flexibility index (Phi) is 2.92. The van der Waals surface area contributed by atoms with Gasteiger partial charge in [-0.1, -0.05) is 0 Å². The highest BCUT2D eigenvalue weighted by Crippen LogP contribution is 2.23. The summed E-state index contributed by atoms with van der Waals surface area (Å²) in [6.45, 7) is 3.71. The first-order valence-electron chi connectivity index (χ1n) is 5.16. The average Bonchev–Trinajstić information content (AvgIpc) is 2.59. The van der Waals surface area contributed by atoms with Gasteiger partial charge in [-0.2, -0.15) is 9.97 Å². The Morgan fingerprint density at radius 2 is 2.18 bits per heavy atom. The third-order valence-electron chi connectivity index (χ3n) is 2.40. The van der Waals surface area contributed by atoms with Crippen molar-refractivity contribution < 1.29 is 5.11 Å². The number of halogens is 1. The maximum absolute atomic E-state index is 9.26. The van der Waals surface area contributed by atoms with Gasteiger partial charge in [-0.25, -0.2) is 4.98 Å². The van der Waals surface area contributed by atoms with Crippen molar-refractivity contribution >= 4 is 28.6 Å². The van der Waals surface area contributed by atoms with E-state index < -0.39 is 5.54 Å². The molecule has 0 amide bonds. The summed E-state index contributed by atoms with van der Waals surface area (Å²) in [4.78, 5) is 12.3. The second kappa shape index (κ2) is 4.12. The molecule has 0 unspecified atom stereocenters. The topological polar surface area (TPSA) is 75.9 Å². The van der Waals surface area contributed by atoms with Gasteiger partial charge >= 0.3 is 0 Å². The van der Waals surface area contributed by atoms with Crippen LogP contribution in [0.15, 0.2) is 6.33 Å². The molecule has 0 aliphatic carbocycles. The Morgan fingerprint density at radius 1 is 1.47 bits per heavy atom. The number of hydrogen-bond donors (Lipinski definition) is 2. The molecule has 0 aliphatic rings.